The highest BCUT2D eigenvalue weighted by molar-refractivity contribution is 6.30. The fraction of sp³-hybridized carbons (Fsp3) is 0.174. The molecule has 4 rings (SSSR count). The molecule has 2 heterocycles. The molecule has 0 aliphatic rings. The molecule has 0 bridgehead atoms. The van der Waals surface area contributed by atoms with E-state index in [1.165, 1.54) is 0 Å². The summed E-state index contributed by atoms with van der Waals surface area (Å²) in [5, 5.41) is 12.5. The number of ether oxygens (including phenoxy) is 1. The van der Waals surface area contributed by atoms with Gasteiger partial charge in [0.05, 0.1) is 23.6 Å². The third kappa shape index (κ3) is 4.95. The maximum absolute atomic E-state index is 12.7. The monoisotopic (exact) mass is 435 g/mol. The van der Waals surface area contributed by atoms with E-state index < -0.39 is 0 Å². The molecule has 7 nitrogen and oxygen atoms in total. The van der Waals surface area contributed by atoms with Crippen LogP contribution in [0.15, 0.2) is 66.9 Å². The van der Waals surface area contributed by atoms with Crippen molar-refractivity contribution in [3.63, 3.8) is 0 Å². The van der Waals surface area contributed by atoms with Gasteiger partial charge in [-0.1, -0.05) is 41.9 Å². The highest BCUT2D eigenvalue weighted by Crippen LogP contribution is 2.21. The second kappa shape index (κ2) is 9.06. The van der Waals surface area contributed by atoms with Crippen molar-refractivity contribution in [1.82, 2.24) is 19.6 Å². The molecule has 2 aromatic carbocycles. The summed E-state index contributed by atoms with van der Waals surface area (Å²) in [4.78, 5) is 12.7. The number of aryl methyl sites for hydroxylation is 1. The molecule has 0 spiro atoms. The summed E-state index contributed by atoms with van der Waals surface area (Å²) >= 11 is 5.96. The van der Waals surface area contributed by atoms with Crippen molar-refractivity contribution in [2.24, 2.45) is 0 Å². The average molecular weight is 436 g/mol. The first-order valence-electron chi connectivity index (χ1n) is 9.80. The Balaban J connectivity index is 1.42. The summed E-state index contributed by atoms with van der Waals surface area (Å²) in [7, 11) is 0. The van der Waals surface area contributed by atoms with Crippen LogP contribution in [-0.4, -0.2) is 25.5 Å². The minimum atomic E-state index is -0.296. The van der Waals surface area contributed by atoms with Crippen LogP contribution in [0.5, 0.6) is 5.75 Å². The molecule has 0 aliphatic heterocycles. The molecule has 0 unspecified atom stereocenters. The van der Waals surface area contributed by atoms with Crippen LogP contribution in [0.1, 0.15) is 27.4 Å². The molecular formula is C23H22ClN5O2. The first-order chi connectivity index (χ1) is 15.0. The second-order valence-electron chi connectivity index (χ2n) is 7.11. The number of benzene rings is 2. The first kappa shape index (κ1) is 20.7. The summed E-state index contributed by atoms with van der Waals surface area (Å²) in [5.74, 6) is 0.444. The second-order valence-corrected chi connectivity index (χ2v) is 7.55. The molecule has 0 radical (unpaired) electrons. The van der Waals surface area contributed by atoms with Crippen LogP contribution in [0, 0.1) is 13.8 Å². The van der Waals surface area contributed by atoms with E-state index in [0.717, 1.165) is 22.7 Å². The van der Waals surface area contributed by atoms with Crippen molar-refractivity contribution in [2.75, 3.05) is 5.32 Å². The van der Waals surface area contributed by atoms with Gasteiger partial charge in [-0.05, 0) is 49.7 Å². The minimum Gasteiger partial charge on any atom is -0.471 e. The minimum absolute atomic E-state index is 0.217. The van der Waals surface area contributed by atoms with E-state index in [2.05, 4.69) is 15.5 Å². The number of anilines is 1. The maximum atomic E-state index is 12.7. The Morgan fingerprint density at radius 2 is 1.77 bits per heavy atom. The predicted molar refractivity (Wildman–Crippen MR) is 120 cm³/mol. The molecule has 0 saturated heterocycles. The summed E-state index contributed by atoms with van der Waals surface area (Å²) in [6, 6.07) is 18.7. The van der Waals surface area contributed by atoms with E-state index in [-0.39, 0.29) is 12.6 Å². The molecule has 0 aliphatic carbocycles. The zero-order chi connectivity index (χ0) is 21.8. The summed E-state index contributed by atoms with van der Waals surface area (Å²) in [6.45, 7) is 4.60. The van der Waals surface area contributed by atoms with Gasteiger partial charge in [-0.25, -0.2) is 4.68 Å². The lowest BCUT2D eigenvalue weighted by atomic mass is 10.2. The van der Waals surface area contributed by atoms with Gasteiger partial charge < -0.3 is 10.1 Å². The van der Waals surface area contributed by atoms with Gasteiger partial charge in [0.15, 0.2) is 12.4 Å². The lowest BCUT2D eigenvalue weighted by molar-refractivity contribution is 0.102. The van der Waals surface area contributed by atoms with Crippen molar-refractivity contribution < 1.29 is 9.53 Å². The highest BCUT2D eigenvalue weighted by Gasteiger charge is 2.17. The zero-order valence-electron chi connectivity index (χ0n) is 17.2. The van der Waals surface area contributed by atoms with Gasteiger partial charge in [-0.3, -0.25) is 9.48 Å². The van der Waals surface area contributed by atoms with Crippen LogP contribution in [0.3, 0.4) is 0 Å². The third-order valence-corrected chi connectivity index (χ3v) is 5.10. The number of amides is 1. The summed E-state index contributed by atoms with van der Waals surface area (Å²) in [6.07, 6.45) is 1.71. The van der Waals surface area contributed by atoms with Gasteiger partial charge in [0.1, 0.15) is 5.75 Å². The van der Waals surface area contributed by atoms with E-state index in [1.807, 2.05) is 73.1 Å². The first-order valence-corrected chi connectivity index (χ1v) is 10.2. The Morgan fingerprint density at radius 1 is 1.03 bits per heavy atom. The van der Waals surface area contributed by atoms with Crippen LogP contribution in [-0.2, 0) is 13.3 Å². The number of rotatable bonds is 7. The number of nitrogens with zero attached hydrogens (tertiary/aromatic N) is 4. The fourth-order valence-corrected chi connectivity index (χ4v) is 3.31. The number of hydrogen-bond acceptors (Lipinski definition) is 4. The van der Waals surface area contributed by atoms with Crippen molar-refractivity contribution in [3.8, 4) is 5.75 Å². The Morgan fingerprint density at radius 3 is 2.52 bits per heavy atom. The SMILES string of the molecule is Cc1nn(Cc2ccc(Cl)cc2)c(C)c1NC(=O)c1ccn(COc2ccccc2)n1. The predicted octanol–water partition coefficient (Wildman–Crippen LogP) is 4.69. The Hall–Kier alpha value is -3.58. The highest BCUT2D eigenvalue weighted by atomic mass is 35.5. The number of carbonyl (C=O) groups excluding carboxylic acids is 1. The molecule has 4 aromatic rings. The van der Waals surface area contributed by atoms with Gasteiger partial charge in [0.25, 0.3) is 5.91 Å². The van der Waals surface area contributed by atoms with Crippen molar-refractivity contribution in [3.05, 3.63) is 94.5 Å². The van der Waals surface area contributed by atoms with Crippen LogP contribution < -0.4 is 10.1 Å². The van der Waals surface area contributed by atoms with Crippen molar-refractivity contribution in [2.45, 2.75) is 27.1 Å². The van der Waals surface area contributed by atoms with Crippen LogP contribution in [0.4, 0.5) is 5.69 Å². The van der Waals surface area contributed by atoms with Crippen LogP contribution in [0.25, 0.3) is 0 Å². The Kier molecular flexibility index (Phi) is 6.04. The van der Waals surface area contributed by atoms with Gasteiger partial charge >= 0.3 is 0 Å². The van der Waals surface area contributed by atoms with Gasteiger partial charge in [0, 0.05) is 11.2 Å². The molecule has 2 aromatic heterocycles. The smallest absolute Gasteiger partial charge is 0.276 e. The number of aromatic nitrogens is 4. The third-order valence-electron chi connectivity index (χ3n) is 4.85. The number of para-hydroxylation sites is 1. The van der Waals surface area contributed by atoms with Crippen LogP contribution >= 0.6 is 11.6 Å². The molecule has 1 N–H and O–H groups in total. The van der Waals surface area contributed by atoms with Crippen molar-refractivity contribution >= 4 is 23.2 Å². The summed E-state index contributed by atoms with van der Waals surface area (Å²) < 4.78 is 9.09. The molecule has 1 amide bonds. The zero-order valence-corrected chi connectivity index (χ0v) is 18.0. The Bertz CT molecular complexity index is 1180. The molecule has 158 valence electrons. The molecular weight excluding hydrogens is 414 g/mol. The summed E-state index contributed by atoms with van der Waals surface area (Å²) in [5.41, 5.74) is 3.68. The van der Waals surface area contributed by atoms with Crippen LogP contribution in [0.2, 0.25) is 5.02 Å². The quantitative estimate of drug-likeness (QED) is 0.457. The molecule has 0 saturated carbocycles. The average Bonchev–Trinajstić information content (AvgIpc) is 3.35. The lowest BCUT2D eigenvalue weighted by Crippen LogP contribution is -2.15. The molecule has 0 fully saturated rings. The largest absolute Gasteiger partial charge is 0.471 e. The van der Waals surface area contributed by atoms with E-state index in [0.29, 0.717) is 22.9 Å². The van der Waals surface area contributed by atoms with Gasteiger partial charge in [0.2, 0.25) is 0 Å². The molecule has 0 atom stereocenters. The molecule has 31 heavy (non-hydrogen) atoms. The van der Waals surface area contributed by atoms with E-state index in [4.69, 9.17) is 16.3 Å². The normalized spacial score (nSPS) is 10.8. The van der Waals surface area contributed by atoms with E-state index in [9.17, 15) is 4.79 Å². The Labute approximate surface area is 185 Å². The topological polar surface area (TPSA) is 74.0 Å². The standard InChI is InChI=1S/C23H22ClN5O2/c1-16-22(17(2)29(26-16)14-18-8-10-19(24)11-9-18)25-23(30)21-12-13-28(27-21)15-31-20-6-4-3-5-7-20/h3-13H,14-15H2,1-2H3,(H,25,30). The number of hydrogen-bond donors (Lipinski definition) is 1. The number of halogens is 1. The van der Waals surface area contributed by atoms with Gasteiger partial charge in [-0.2, -0.15) is 10.2 Å². The maximum Gasteiger partial charge on any atom is 0.276 e. The molecule has 8 heteroatoms. The van der Waals surface area contributed by atoms with E-state index >= 15 is 0 Å². The van der Waals surface area contributed by atoms with Crippen molar-refractivity contribution in [1.29, 1.82) is 0 Å². The number of carbonyl (C=O) groups is 1. The van der Waals surface area contributed by atoms with Gasteiger partial charge in [-0.15, -0.1) is 0 Å². The fourth-order valence-electron chi connectivity index (χ4n) is 3.18. The lowest BCUT2D eigenvalue weighted by Gasteiger charge is -2.07. The number of nitrogens with one attached hydrogen (secondary N) is 1. The van der Waals surface area contributed by atoms with E-state index in [1.54, 1.807) is 16.9 Å².